The second-order valence-electron chi connectivity index (χ2n) is 21.6. The molecule has 0 spiro atoms. The van der Waals surface area contributed by atoms with Crippen molar-refractivity contribution in [3.8, 4) is 112 Å². The zero-order valence-corrected chi connectivity index (χ0v) is 47.2. The summed E-state index contributed by atoms with van der Waals surface area (Å²) in [4.78, 5) is 14.5. The molecular formula is C83H59N3. The first-order valence-electron chi connectivity index (χ1n) is 30.7. The Morgan fingerprint density at radius 3 is 1.08 bits per heavy atom. The van der Waals surface area contributed by atoms with Gasteiger partial charge in [-0.2, -0.15) is 0 Å². The van der Waals surface area contributed by atoms with Gasteiger partial charge in [0.2, 0.25) is 0 Å². The fourth-order valence-electron chi connectivity index (χ4n) is 12.1. The Bertz CT molecular complexity index is 4810. The Morgan fingerprint density at radius 1 is 0.267 bits per heavy atom. The van der Waals surface area contributed by atoms with Crippen molar-refractivity contribution in [2.45, 2.75) is 13.3 Å². The van der Waals surface area contributed by atoms with E-state index in [1.165, 1.54) is 0 Å². The van der Waals surface area contributed by atoms with Gasteiger partial charge in [0.05, 0.1) is 17.1 Å². The maximum absolute atomic E-state index is 8.66. The van der Waals surface area contributed by atoms with E-state index in [4.69, 9.17) is 19.1 Å². The highest BCUT2D eigenvalue weighted by Crippen LogP contribution is 2.46. The van der Waals surface area contributed by atoms with Crippen LogP contribution in [0.4, 0.5) is 0 Å². The molecule has 10 aromatic carbocycles. The van der Waals surface area contributed by atoms with E-state index < -0.39 is 6.85 Å². The van der Waals surface area contributed by atoms with Crippen LogP contribution in [0.25, 0.3) is 128 Å². The van der Waals surface area contributed by atoms with Gasteiger partial charge < -0.3 is 0 Å². The number of nitrogens with zero attached hydrogens (tertiary/aromatic N) is 3. The predicted molar refractivity (Wildman–Crippen MR) is 360 cm³/mol. The summed E-state index contributed by atoms with van der Waals surface area (Å²) >= 11 is 0. The number of pyridine rings is 3. The molecule has 86 heavy (non-hydrogen) atoms. The van der Waals surface area contributed by atoms with Gasteiger partial charge in [-0.15, -0.1) is 0 Å². The molecule has 3 aromatic heterocycles. The average Bonchev–Trinajstić information content (AvgIpc) is 2.10. The lowest BCUT2D eigenvalue weighted by Crippen LogP contribution is -1.95. The van der Waals surface area contributed by atoms with Gasteiger partial charge in [0.15, 0.2) is 0 Å². The van der Waals surface area contributed by atoms with Gasteiger partial charge in [-0.1, -0.05) is 255 Å². The van der Waals surface area contributed by atoms with E-state index in [9.17, 15) is 0 Å². The third-order valence-corrected chi connectivity index (χ3v) is 16.3. The number of hydrogen-bond donors (Lipinski definition) is 0. The first kappa shape index (κ1) is 49.5. The van der Waals surface area contributed by atoms with Gasteiger partial charge in [0.25, 0.3) is 0 Å². The smallest absolute Gasteiger partial charge is 0.0705 e. The van der Waals surface area contributed by atoms with Crippen LogP contribution in [0.15, 0.2) is 328 Å². The molecule has 13 aromatic rings. The van der Waals surface area contributed by atoms with Crippen LogP contribution in [-0.2, 0) is 0 Å². The number of allylic oxidation sites excluding steroid dienone is 6. The summed E-state index contributed by atoms with van der Waals surface area (Å²) in [7, 11) is 0. The number of aryl methyl sites for hydroxylation is 1. The molecule has 0 N–H and O–H groups in total. The van der Waals surface area contributed by atoms with Crippen LogP contribution in [-0.4, -0.2) is 15.0 Å². The molecule has 1 aliphatic rings. The summed E-state index contributed by atoms with van der Waals surface area (Å²) in [5.74, 6) is 0. The van der Waals surface area contributed by atoms with Crippen LogP contribution in [0.3, 0.4) is 0 Å². The van der Waals surface area contributed by atoms with Crippen molar-refractivity contribution in [2.75, 3.05) is 0 Å². The maximum atomic E-state index is 8.66. The van der Waals surface area contributed by atoms with Gasteiger partial charge in [-0.05, 0) is 179 Å². The van der Waals surface area contributed by atoms with Gasteiger partial charge in [0, 0.05) is 45.0 Å². The van der Waals surface area contributed by atoms with Crippen LogP contribution in [0, 0.1) is 6.85 Å². The zero-order valence-electron chi connectivity index (χ0n) is 50.2. The van der Waals surface area contributed by atoms with Crippen molar-refractivity contribution in [1.29, 1.82) is 0 Å². The molecule has 406 valence electrons. The fourth-order valence-corrected chi connectivity index (χ4v) is 12.1. The van der Waals surface area contributed by atoms with E-state index in [0.29, 0.717) is 17.7 Å². The zero-order chi connectivity index (χ0) is 60.1. The van der Waals surface area contributed by atoms with Crippen LogP contribution >= 0.6 is 0 Å². The van der Waals surface area contributed by atoms with E-state index >= 15 is 0 Å². The lowest BCUT2D eigenvalue weighted by Gasteiger charge is -2.19. The molecule has 0 fully saturated rings. The van der Waals surface area contributed by atoms with Gasteiger partial charge in [-0.3, -0.25) is 15.0 Å². The number of rotatable bonds is 13. The Kier molecular flexibility index (Phi) is 13.8. The van der Waals surface area contributed by atoms with Crippen LogP contribution < -0.4 is 0 Å². The van der Waals surface area contributed by atoms with Crippen molar-refractivity contribution < 1.29 is 4.11 Å². The molecule has 14 rings (SSSR count). The fraction of sp³-hybridized carbons (Fsp3) is 0.0241. The van der Waals surface area contributed by atoms with E-state index in [-0.39, 0.29) is 5.56 Å². The van der Waals surface area contributed by atoms with Gasteiger partial charge in [-0.25, -0.2) is 0 Å². The third kappa shape index (κ3) is 10.8. The first-order valence-corrected chi connectivity index (χ1v) is 29.2. The van der Waals surface area contributed by atoms with Crippen molar-refractivity contribution in [3.05, 3.63) is 350 Å². The minimum atomic E-state index is -2.37. The highest BCUT2D eigenvalue weighted by atomic mass is 14.7. The van der Waals surface area contributed by atoms with E-state index in [1.807, 2.05) is 73.1 Å². The highest BCUT2D eigenvalue weighted by molar-refractivity contribution is 6.04. The van der Waals surface area contributed by atoms with Crippen LogP contribution in [0.2, 0.25) is 0 Å². The topological polar surface area (TPSA) is 38.7 Å². The molecule has 1 aliphatic carbocycles. The summed E-state index contributed by atoms with van der Waals surface area (Å²) in [5, 5.41) is 0. The normalized spacial score (nSPS) is 12.8. The van der Waals surface area contributed by atoms with Crippen LogP contribution in [0.1, 0.15) is 32.8 Å². The molecule has 3 heterocycles. The highest BCUT2D eigenvalue weighted by Gasteiger charge is 2.23. The molecular weight excluding hydrogens is 1040 g/mol. The summed E-state index contributed by atoms with van der Waals surface area (Å²) < 4.78 is 26.0. The Labute approximate surface area is 508 Å². The van der Waals surface area contributed by atoms with Crippen molar-refractivity contribution in [1.82, 2.24) is 15.0 Å². The van der Waals surface area contributed by atoms with Crippen molar-refractivity contribution in [3.63, 3.8) is 0 Å². The molecule has 0 atom stereocenters. The minimum absolute atomic E-state index is 0.262. The Balaban J connectivity index is 0.956. The molecule has 0 saturated carbocycles. The largest absolute Gasteiger partial charge is 0.256 e. The van der Waals surface area contributed by atoms with Crippen molar-refractivity contribution >= 4 is 16.7 Å². The standard InChI is InChI=1S/C83H59N3/c1-57-50-83(86-56-80(57)61-30-12-5-13-31-61)66-44-47-75(79(55-66)60-28-10-4-11-29-60)72-36-18-15-33-69(72)63-41-40-62(68-32-14-17-35-71(68)74-45-42-64(81-38-20-22-48-84-81)53-77(74)58-24-6-2-7-25-58)51-67(52-63)70-34-16-19-37-73(70)76-46-43-65(82-39-21-23-49-85-82)54-78(76)59-26-8-3-9-27-59/h2-40,42-56H,41H2,1H3/i1D3. The predicted octanol–water partition coefficient (Wildman–Crippen LogP) is 21.8. The molecule has 0 saturated heterocycles. The Hall–Kier alpha value is -11.1. The summed E-state index contributed by atoms with van der Waals surface area (Å²) in [5.41, 5.74) is 26.7. The molecule has 0 amide bonds. The lowest BCUT2D eigenvalue weighted by molar-refractivity contribution is 1.29. The first-order chi connectivity index (χ1) is 43.8. The lowest BCUT2D eigenvalue weighted by atomic mass is 9.85. The maximum Gasteiger partial charge on any atom is 0.0705 e. The number of hydrogen-bond acceptors (Lipinski definition) is 3. The number of aromatic nitrogens is 3. The second-order valence-corrected chi connectivity index (χ2v) is 21.6. The molecule has 3 heteroatoms. The molecule has 0 unspecified atom stereocenters. The monoisotopic (exact) mass is 1100 g/mol. The van der Waals surface area contributed by atoms with Crippen LogP contribution in [0.5, 0.6) is 0 Å². The second kappa shape index (κ2) is 24.0. The van der Waals surface area contributed by atoms with Gasteiger partial charge in [0.1, 0.15) is 0 Å². The summed E-state index contributed by atoms with van der Waals surface area (Å²) in [6.07, 6.45) is 13.3. The van der Waals surface area contributed by atoms with E-state index in [0.717, 1.165) is 134 Å². The van der Waals surface area contributed by atoms with Crippen molar-refractivity contribution in [2.24, 2.45) is 0 Å². The average molecular weight is 1100 g/mol. The SMILES string of the molecule is [2H]C([2H])([2H])c1cc(-c2ccc(-c3ccccc3C3=CC(c4ccccc4-c4ccc(-c5ccccn5)cc4-c4ccccc4)=CC(c4ccccc4-c4ccc(-c5ccccn5)cc4-c4ccccc4)=CC3)c(-c3ccccc3)c2)ncc1-c1ccccc1. The number of benzene rings is 10. The van der Waals surface area contributed by atoms with Gasteiger partial charge >= 0.3 is 0 Å². The molecule has 0 bridgehead atoms. The van der Waals surface area contributed by atoms with E-state index in [1.54, 1.807) is 12.3 Å². The quantitative estimate of drug-likeness (QED) is 0.115. The van der Waals surface area contributed by atoms with E-state index in [2.05, 4.69) is 243 Å². The summed E-state index contributed by atoms with van der Waals surface area (Å²) in [6.45, 7) is -2.37. The third-order valence-electron chi connectivity index (χ3n) is 16.3. The molecule has 0 aliphatic heterocycles. The minimum Gasteiger partial charge on any atom is -0.256 e. The molecule has 0 radical (unpaired) electrons. The summed E-state index contributed by atoms with van der Waals surface area (Å²) in [6, 6.07) is 102. The molecule has 3 nitrogen and oxygen atoms in total. The Morgan fingerprint density at radius 2 is 0.640 bits per heavy atom.